The molecule has 10 heteroatoms. The van der Waals surface area contributed by atoms with Crippen LogP contribution in [-0.2, 0) is 14.8 Å². The van der Waals surface area contributed by atoms with Crippen LogP contribution in [0, 0.1) is 0 Å². The molecule has 2 aromatic rings. The zero-order chi connectivity index (χ0) is 20.2. The van der Waals surface area contributed by atoms with Crippen LogP contribution >= 0.6 is 11.6 Å². The molecule has 1 N–H and O–H groups in total. The second-order valence-corrected chi connectivity index (χ2v) is 7.24. The van der Waals surface area contributed by atoms with Gasteiger partial charge in [-0.2, -0.15) is 0 Å². The summed E-state index contributed by atoms with van der Waals surface area (Å²) >= 11 is 6.00. The van der Waals surface area contributed by atoms with Crippen LogP contribution < -0.4 is 18.9 Å². The van der Waals surface area contributed by atoms with Crippen molar-refractivity contribution in [1.82, 2.24) is 0 Å². The Morgan fingerprint density at radius 3 is 2.04 bits per heavy atom. The molecule has 0 heterocycles. The SMILES string of the molecule is COC(=O)c1cc(OC)c(OC)cc1NS(=O)(=O)c1ccc(OC)c(Cl)c1. The predicted octanol–water partition coefficient (Wildman–Crippen LogP) is 2.95. The van der Waals surface area contributed by atoms with E-state index >= 15 is 0 Å². The molecular weight excluding hydrogens is 398 g/mol. The third-order valence-corrected chi connectivity index (χ3v) is 5.27. The Bertz CT molecular complexity index is 960. The number of methoxy groups -OCH3 is 4. The molecule has 0 aromatic heterocycles. The summed E-state index contributed by atoms with van der Waals surface area (Å²) in [6, 6.07) is 6.64. The molecule has 0 fully saturated rings. The number of benzene rings is 2. The maximum atomic E-state index is 12.7. The van der Waals surface area contributed by atoms with E-state index in [0.717, 1.165) is 0 Å². The first-order valence-electron chi connectivity index (χ1n) is 7.48. The largest absolute Gasteiger partial charge is 0.495 e. The average Bonchev–Trinajstić information content (AvgIpc) is 2.66. The van der Waals surface area contributed by atoms with E-state index in [0.29, 0.717) is 5.75 Å². The topological polar surface area (TPSA) is 100 Å². The lowest BCUT2D eigenvalue weighted by Gasteiger charge is -2.16. The molecule has 146 valence electrons. The summed E-state index contributed by atoms with van der Waals surface area (Å²) in [6.07, 6.45) is 0. The number of esters is 1. The van der Waals surface area contributed by atoms with Crippen LogP contribution in [0.1, 0.15) is 10.4 Å². The van der Waals surface area contributed by atoms with Gasteiger partial charge in [0.15, 0.2) is 11.5 Å². The number of halogens is 1. The number of carbonyl (C=O) groups excluding carboxylic acids is 1. The molecule has 0 aliphatic rings. The van der Waals surface area contributed by atoms with Crippen molar-refractivity contribution < 1.29 is 32.2 Å². The van der Waals surface area contributed by atoms with Gasteiger partial charge in [0.25, 0.3) is 10.0 Å². The zero-order valence-corrected chi connectivity index (χ0v) is 16.6. The quantitative estimate of drug-likeness (QED) is 0.694. The van der Waals surface area contributed by atoms with Crippen LogP contribution in [-0.4, -0.2) is 42.8 Å². The molecule has 0 saturated heterocycles. The van der Waals surface area contributed by atoms with Crippen molar-refractivity contribution in [1.29, 1.82) is 0 Å². The fourth-order valence-electron chi connectivity index (χ4n) is 2.26. The van der Waals surface area contributed by atoms with Gasteiger partial charge in [-0.1, -0.05) is 11.6 Å². The summed E-state index contributed by atoms with van der Waals surface area (Å²) in [5, 5.41) is 0.126. The number of hydrogen-bond donors (Lipinski definition) is 1. The molecule has 2 aromatic carbocycles. The molecule has 0 unspecified atom stereocenters. The fraction of sp³-hybridized carbons (Fsp3) is 0.235. The predicted molar refractivity (Wildman–Crippen MR) is 99.7 cm³/mol. The number of hydrogen-bond acceptors (Lipinski definition) is 7. The first-order chi connectivity index (χ1) is 12.8. The van der Waals surface area contributed by atoms with Gasteiger partial charge in [-0.25, -0.2) is 13.2 Å². The zero-order valence-electron chi connectivity index (χ0n) is 15.0. The molecular formula is C17H18ClNO7S. The molecule has 0 radical (unpaired) electrons. The minimum Gasteiger partial charge on any atom is -0.495 e. The Balaban J connectivity index is 2.53. The smallest absolute Gasteiger partial charge is 0.340 e. The van der Waals surface area contributed by atoms with Gasteiger partial charge in [-0.05, 0) is 18.2 Å². The van der Waals surface area contributed by atoms with E-state index in [-0.39, 0.29) is 32.7 Å². The number of rotatable bonds is 7. The Morgan fingerprint density at radius 1 is 0.926 bits per heavy atom. The van der Waals surface area contributed by atoms with Crippen molar-refractivity contribution in [2.75, 3.05) is 33.2 Å². The van der Waals surface area contributed by atoms with Gasteiger partial charge in [0.05, 0.1) is 49.6 Å². The van der Waals surface area contributed by atoms with E-state index in [1.165, 1.54) is 58.8 Å². The Hall–Kier alpha value is -2.65. The van der Waals surface area contributed by atoms with Crippen molar-refractivity contribution >= 4 is 33.3 Å². The van der Waals surface area contributed by atoms with Gasteiger partial charge >= 0.3 is 5.97 Å². The number of sulfonamides is 1. The van der Waals surface area contributed by atoms with E-state index < -0.39 is 16.0 Å². The maximum Gasteiger partial charge on any atom is 0.340 e. The standard InChI is InChI=1S/C17H18ClNO7S/c1-23-14-6-5-10(7-12(14)18)27(21,22)19-13-9-16(25-3)15(24-2)8-11(13)17(20)26-4/h5-9,19H,1-4H3. The molecule has 0 bridgehead atoms. The lowest BCUT2D eigenvalue weighted by molar-refractivity contribution is 0.0601. The van der Waals surface area contributed by atoms with Crippen LogP contribution in [0.4, 0.5) is 5.69 Å². The van der Waals surface area contributed by atoms with Gasteiger partial charge in [-0.3, -0.25) is 4.72 Å². The van der Waals surface area contributed by atoms with E-state index in [1.807, 2.05) is 0 Å². The monoisotopic (exact) mass is 415 g/mol. The van der Waals surface area contributed by atoms with Crippen molar-refractivity contribution in [3.8, 4) is 17.2 Å². The summed E-state index contributed by atoms with van der Waals surface area (Å²) in [5.74, 6) is 0.0577. The van der Waals surface area contributed by atoms with Crippen molar-refractivity contribution in [3.05, 3.63) is 40.9 Å². The average molecular weight is 416 g/mol. The molecule has 0 spiro atoms. The normalized spacial score (nSPS) is 10.9. The van der Waals surface area contributed by atoms with E-state index in [9.17, 15) is 13.2 Å². The third-order valence-electron chi connectivity index (χ3n) is 3.61. The van der Waals surface area contributed by atoms with Crippen molar-refractivity contribution in [3.63, 3.8) is 0 Å². The highest BCUT2D eigenvalue weighted by molar-refractivity contribution is 7.92. The Kier molecular flexibility index (Phi) is 6.40. The first kappa shape index (κ1) is 20.7. The van der Waals surface area contributed by atoms with E-state index in [1.54, 1.807) is 0 Å². The number of ether oxygens (including phenoxy) is 4. The molecule has 2 rings (SSSR count). The highest BCUT2D eigenvalue weighted by Gasteiger charge is 2.23. The van der Waals surface area contributed by atoms with Crippen LogP contribution in [0.25, 0.3) is 0 Å². The Morgan fingerprint density at radius 2 is 1.52 bits per heavy atom. The minimum absolute atomic E-state index is 0.0357. The number of anilines is 1. The second-order valence-electron chi connectivity index (χ2n) is 5.15. The minimum atomic E-state index is -4.06. The molecule has 27 heavy (non-hydrogen) atoms. The summed E-state index contributed by atoms with van der Waals surface area (Å²) < 4.78 is 47.8. The molecule has 8 nitrogen and oxygen atoms in total. The van der Waals surface area contributed by atoms with Crippen LogP contribution in [0.2, 0.25) is 5.02 Å². The summed E-state index contributed by atoms with van der Waals surface area (Å²) in [5.41, 5.74) is -0.0789. The van der Waals surface area contributed by atoms with Gasteiger partial charge in [0.2, 0.25) is 0 Å². The van der Waals surface area contributed by atoms with Gasteiger partial charge < -0.3 is 18.9 Å². The lowest BCUT2D eigenvalue weighted by atomic mass is 10.1. The highest BCUT2D eigenvalue weighted by atomic mass is 35.5. The molecule has 0 aliphatic heterocycles. The van der Waals surface area contributed by atoms with E-state index in [4.69, 9.17) is 30.5 Å². The summed E-state index contributed by atoms with van der Waals surface area (Å²) in [7, 11) is 1.31. The Labute approximate surface area is 162 Å². The van der Waals surface area contributed by atoms with E-state index in [2.05, 4.69) is 4.72 Å². The molecule has 0 aliphatic carbocycles. The van der Waals surface area contributed by atoms with Crippen LogP contribution in [0.15, 0.2) is 35.2 Å². The van der Waals surface area contributed by atoms with Gasteiger partial charge in [0.1, 0.15) is 5.75 Å². The lowest BCUT2D eigenvalue weighted by Crippen LogP contribution is -2.16. The summed E-state index contributed by atoms with van der Waals surface area (Å²) in [6.45, 7) is 0. The van der Waals surface area contributed by atoms with Crippen LogP contribution in [0.3, 0.4) is 0 Å². The van der Waals surface area contributed by atoms with Gasteiger partial charge in [0, 0.05) is 12.1 Å². The third kappa shape index (κ3) is 4.37. The molecule has 0 amide bonds. The number of nitrogens with one attached hydrogen (secondary N) is 1. The van der Waals surface area contributed by atoms with Crippen LogP contribution in [0.5, 0.6) is 17.2 Å². The fourth-order valence-corrected chi connectivity index (χ4v) is 3.68. The van der Waals surface area contributed by atoms with Crippen molar-refractivity contribution in [2.24, 2.45) is 0 Å². The number of carbonyl (C=O) groups is 1. The van der Waals surface area contributed by atoms with Gasteiger partial charge in [-0.15, -0.1) is 0 Å². The molecule has 0 atom stereocenters. The van der Waals surface area contributed by atoms with Crippen molar-refractivity contribution in [2.45, 2.75) is 4.90 Å². The second kappa shape index (κ2) is 8.36. The maximum absolute atomic E-state index is 12.7. The highest BCUT2D eigenvalue weighted by Crippen LogP contribution is 2.35. The molecule has 0 saturated carbocycles. The summed E-state index contributed by atoms with van der Waals surface area (Å²) in [4.78, 5) is 12.0. The first-order valence-corrected chi connectivity index (χ1v) is 9.34.